The Labute approximate surface area is 115 Å². The van der Waals surface area contributed by atoms with Gasteiger partial charge < -0.3 is 9.73 Å². The zero-order valence-corrected chi connectivity index (χ0v) is 10.8. The van der Waals surface area contributed by atoms with Crippen LogP contribution in [0, 0.1) is 0 Å². The van der Waals surface area contributed by atoms with Gasteiger partial charge in [0.15, 0.2) is 0 Å². The van der Waals surface area contributed by atoms with Gasteiger partial charge in [0.1, 0.15) is 5.52 Å². The number of para-hydroxylation sites is 1. The van der Waals surface area contributed by atoms with E-state index in [-0.39, 0.29) is 0 Å². The van der Waals surface area contributed by atoms with Crippen LogP contribution in [0.3, 0.4) is 0 Å². The molecule has 0 aliphatic heterocycles. The van der Waals surface area contributed by atoms with Gasteiger partial charge in [0.05, 0.1) is 17.6 Å². The Kier molecular flexibility index (Phi) is 2.67. The van der Waals surface area contributed by atoms with Crippen molar-refractivity contribution in [2.24, 2.45) is 0 Å². The molecule has 0 saturated heterocycles. The standard InChI is InChI=1S/C14H13N5O/c1-2-10(13-11(3-1)15-6-7-16-13)14-19-18-12(20-14)8-17-9-4-5-9/h1-3,6-7,9,17H,4-5,8H2. The number of nitrogens with one attached hydrogen (secondary N) is 1. The van der Waals surface area contributed by atoms with Gasteiger partial charge in [-0.25, -0.2) is 0 Å². The molecular formula is C14H13N5O. The van der Waals surface area contributed by atoms with Crippen LogP contribution >= 0.6 is 0 Å². The van der Waals surface area contributed by atoms with Crippen LogP contribution < -0.4 is 5.32 Å². The Bertz CT molecular complexity index is 745. The zero-order valence-electron chi connectivity index (χ0n) is 10.8. The van der Waals surface area contributed by atoms with Gasteiger partial charge in [0, 0.05) is 18.4 Å². The summed E-state index contributed by atoms with van der Waals surface area (Å²) in [5, 5.41) is 11.5. The summed E-state index contributed by atoms with van der Waals surface area (Å²) in [7, 11) is 0. The van der Waals surface area contributed by atoms with Crippen LogP contribution in [0.25, 0.3) is 22.5 Å². The van der Waals surface area contributed by atoms with Crippen molar-refractivity contribution >= 4 is 11.0 Å². The van der Waals surface area contributed by atoms with E-state index in [1.54, 1.807) is 12.4 Å². The summed E-state index contributed by atoms with van der Waals surface area (Å²) in [5.41, 5.74) is 2.42. The van der Waals surface area contributed by atoms with E-state index in [1.165, 1.54) is 12.8 Å². The molecule has 6 nitrogen and oxygen atoms in total. The predicted octanol–water partition coefficient (Wildman–Crippen LogP) is 1.93. The lowest BCUT2D eigenvalue weighted by Crippen LogP contribution is -2.15. The molecule has 0 radical (unpaired) electrons. The minimum atomic E-state index is 0.490. The lowest BCUT2D eigenvalue weighted by molar-refractivity contribution is 0.476. The zero-order chi connectivity index (χ0) is 13.4. The van der Waals surface area contributed by atoms with Gasteiger partial charge in [-0.2, -0.15) is 0 Å². The van der Waals surface area contributed by atoms with Crippen molar-refractivity contribution in [2.45, 2.75) is 25.4 Å². The minimum Gasteiger partial charge on any atom is -0.419 e. The fraction of sp³-hybridized carbons (Fsp3) is 0.286. The van der Waals surface area contributed by atoms with E-state index in [0.717, 1.165) is 16.6 Å². The molecule has 1 aliphatic rings. The van der Waals surface area contributed by atoms with Crippen LogP contribution in [-0.4, -0.2) is 26.2 Å². The molecule has 0 bridgehead atoms. The Morgan fingerprint density at radius 3 is 2.95 bits per heavy atom. The van der Waals surface area contributed by atoms with E-state index in [2.05, 4.69) is 25.5 Å². The molecule has 2 heterocycles. The summed E-state index contributed by atoms with van der Waals surface area (Å²) in [4.78, 5) is 8.62. The second-order valence-corrected chi connectivity index (χ2v) is 4.89. The van der Waals surface area contributed by atoms with Crippen molar-refractivity contribution in [3.8, 4) is 11.5 Å². The normalized spacial score (nSPS) is 14.8. The summed E-state index contributed by atoms with van der Waals surface area (Å²) in [6, 6.07) is 6.37. The fourth-order valence-corrected chi connectivity index (χ4v) is 2.12. The molecule has 20 heavy (non-hydrogen) atoms. The highest BCUT2D eigenvalue weighted by Crippen LogP contribution is 2.25. The molecule has 2 aromatic heterocycles. The maximum absolute atomic E-state index is 5.70. The van der Waals surface area contributed by atoms with Crippen molar-refractivity contribution in [3.63, 3.8) is 0 Å². The van der Waals surface area contributed by atoms with Crippen molar-refractivity contribution in [1.82, 2.24) is 25.5 Å². The van der Waals surface area contributed by atoms with Crippen molar-refractivity contribution < 1.29 is 4.42 Å². The van der Waals surface area contributed by atoms with Crippen molar-refractivity contribution in [3.05, 3.63) is 36.5 Å². The summed E-state index contributed by atoms with van der Waals surface area (Å²) < 4.78 is 5.70. The molecule has 1 saturated carbocycles. The third kappa shape index (κ3) is 2.14. The maximum Gasteiger partial charge on any atom is 0.250 e. The number of hydrogen-bond donors (Lipinski definition) is 1. The summed E-state index contributed by atoms with van der Waals surface area (Å²) in [6.07, 6.45) is 5.81. The van der Waals surface area contributed by atoms with Gasteiger partial charge in [0.2, 0.25) is 11.8 Å². The van der Waals surface area contributed by atoms with Gasteiger partial charge in [0.25, 0.3) is 0 Å². The topological polar surface area (TPSA) is 76.7 Å². The molecular weight excluding hydrogens is 254 g/mol. The quantitative estimate of drug-likeness (QED) is 0.778. The Balaban J connectivity index is 1.67. The van der Waals surface area contributed by atoms with Crippen molar-refractivity contribution in [1.29, 1.82) is 0 Å². The predicted molar refractivity (Wildman–Crippen MR) is 72.7 cm³/mol. The second kappa shape index (κ2) is 4.64. The number of rotatable bonds is 4. The highest BCUT2D eigenvalue weighted by Gasteiger charge is 2.21. The Morgan fingerprint density at radius 2 is 2.05 bits per heavy atom. The summed E-state index contributed by atoms with van der Waals surface area (Å²) >= 11 is 0. The van der Waals surface area contributed by atoms with Gasteiger partial charge in [-0.15, -0.1) is 10.2 Å². The van der Waals surface area contributed by atoms with E-state index < -0.39 is 0 Å². The number of hydrogen-bond acceptors (Lipinski definition) is 6. The van der Waals surface area contributed by atoms with E-state index in [0.29, 0.717) is 24.4 Å². The highest BCUT2D eigenvalue weighted by molar-refractivity contribution is 5.88. The third-order valence-corrected chi connectivity index (χ3v) is 3.32. The molecule has 0 amide bonds. The van der Waals surface area contributed by atoms with E-state index >= 15 is 0 Å². The molecule has 0 atom stereocenters. The van der Waals surface area contributed by atoms with Crippen LogP contribution in [0.2, 0.25) is 0 Å². The molecule has 100 valence electrons. The second-order valence-electron chi connectivity index (χ2n) is 4.89. The average molecular weight is 267 g/mol. The average Bonchev–Trinajstić information content (AvgIpc) is 3.21. The molecule has 1 aromatic carbocycles. The van der Waals surface area contributed by atoms with Crippen molar-refractivity contribution in [2.75, 3.05) is 0 Å². The van der Waals surface area contributed by atoms with Crippen LogP contribution in [-0.2, 0) is 6.54 Å². The SMILES string of the molecule is c1cc(-c2nnc(CNC3CC3)o2)c2nccnc2c1. The molecule has 1 aliphatic carbocycles. The lowest BCUT2D eigenvalue weighted by Gasteiger charge is -2.00. The molecule has 6 heteroatoms. The first kappa shape index (κ1) is 11.5. The molecule has 0 spiro atoms. The third-order valence-electron chi connectivity index (χ3n) is 3.32. The van der Waals surface area contributed by atoms with Crippen LogP contribution in [0.5, 0.6) is 0 Å². The van der Waals surface area contributed by atoms with Crippen LogP contribution in [0.15, 0.2) is 35.0 Å². The minimum absolute atomic E-state index is 0.490. The molecule has 4 rings (SSSR count). The number of fused-ring (bicyclic) bond motifs is 1. The first-order chi connectivity index (χ1) is 9.90. The molecule has 0 unspecified atom stereocenters. The van der Waals surface area contributed by atoms with E-state index in [1.807, 2.05) is 18.2 Å². The van der Waals surface area contributed by atoms with Crippen LogP contribution in [0.4, 0.5) is 0 Å². The maximum atomic E-state index is 5.70. The Hall–Kier alpha value is -2.34. The highest BCUT2D eigenvalue weighted by atomic mass is 16.4. The summed E-state index contributed by atoms with van der Waals surface area (Å²) in [6.45, 7) is 0.619. The first-order valence-electron chi connectivity index (χ1n) is 6.66. The smallest absolute Gasteiger partial charge is 0.250 e. The number of benzene rings is 1. The molecule has 3 aromatic rings. The largest absolute Gasteiger partial charge is 0.419 e. The van der Waals surface area contributed by atoms with Gasteiger partial charge in [-0.1, -0.05) is 6.07 Å². The van der Waals surface area contributed by atoms with Gasteiger partial charge in [-0.3, -0.25) is 9.97 Å². The Morgan fingerprint density at radius 1 is 1.15 bits per heavy atom. The first-order valence-corrected chi connectivity index (χ1v) is 6.66. The van der Waals surface area contributed by atoms with Crippen LogP contribution in [0.1, 0.15) is 18.7 Å². The number of nitrogens with zero attached hydrogens (tertiary/aromatic N) is 4. The van der Waals surface area contributed by atoms with E-state index in [4.69, 9.17) is 4.42 Å². The van der Waals surface area contributed by atoms with Gasteiger partial charge in [-0.05, 0) is 25.0 Å². The monoisotopic (exact) mass is 267 g/mol. The number of aromatic nitrogens is 4. The molecule has 1 fully saturated rings. The van der Waals surface area contributed by atoms with E-state index in [9.17, 15) is 0 Å². The van der Waals surface area contributed by atoms with Gasteiger partial charge >= 0.3 is 0 Å². The summed E-state index contributed by atoms with van der Waals surface area (Å²) in [5.74, 6) is 1.09. The fourth-order valence-electron chi connectivity index (χ4n) is 2.12. The lowest BCUT2D eigenvalue weighted by atomic mass is 10.2. The molecule has 1 N–H and O–H groups in total.